The summed E-state index contributed by atoms with van der Waals surface area (Å²) < 4.78 is 19.9. The van der Waals surface area contributed by atoms with E-state index in [9.17, 15) is 24.0 Å². The first kappa shape index (κ1) is 31.2. The summed E-state index contributed by atoms with van der Waals surface area (Å²) in [6.07, 6.45) is 0.475. The van der Waals surface area contributed by atoms with Crippen LogP contribution in [0.4, 0.5) is 4.79 Å². The summed E-state index contributed by atoms with van der Waals surface area (Å²) in [4.78, 5) is 67.1. The predicted octanol–water partition coefficient (Wildman–Crippen LogP) is 3.05. The number of hydrogen-bond acceptors (Lipinski definition) is 9. The van der Waals surface area contributed by atoms with Crippen LogP contribution in [0.5, 0.6) is 5.75 Å². The van der Waals surface area contributed by atoms with Crippen molar-refractivity contribution in [2.75, 3.05) is 20.3 Å². The Morgan fingerprint density at radius 2 is 1.95 bits per heavy atom. The third kappa shape index (κ3) is 7.56. The smallest absolute Gasteiger partial charge is 0.496 e. The van der Waals surface area contributed by atoms with Gasteiger partial charge in [0, 0.05) is 23.4 Å². The average Bonchev–Trinajstić information content (AvgIpc) is 3.69. The summed E-state index contributed by atoms with van der Waals surface area (Å²) in [5, 5.41) is 15.1. The lowest BCUT2D eigenvalue weighted by Gasteiger charge is -2.26. The highest BCUT2D eigenvalue weighted by Gasteiger charge is 2.38. The van der Waals surface area contributed by atoms with Gasteiger partial charge in [0.05, 0.1) is 19.2 Å². The maximum Gasteiger partial charge on any atom is 0.518 e. The van der Waals surface area contributed by atoms with Crippen LogP contribution >= 0.6 is 0 Å². The number of hydrogen-bond donors (Lipinski definition) is 4. The lowest BCUT2D eigenvalue weighted by molar-refractivity contribution is -0.134. The van der Waals surface area contributed by atoms with Crippen molar-refractivity contribution in [3.8, 4) is 5.75 Å². The van der Waals surface area contributed by atoms with Crippen molar-refractivity contribution in [3.63, 3.8) is 0 Å². The largest absolute Gasteiger partial charge is 0.518 e. The van der Waals surface area contributed by atoms with Gasteiger partial charge in [0.2, 0.25) is 11.8 Å². The fourth-order valence-electron chi connectivity index (χ4n) is 5.27. The number of carbonyl (C=O) groups excluding carboxylic acids is 3. The number of nitrogens with zero attached hydrogens (tertiary/aromatic N) is 1. The first-order chi connectivity index (χ1) is 20.5. The van der Waals surface area contributed by atoms with E-state index in [-0.39, 0.29) is 36.3 Å². The van der Waals surface area contributed by atoms with Crippen molar-refractivity contribution in [1.29, 1.82) is 0 Å². The number of rotatable bonds is 13. The van der Waals surface area contributed by atoms with Gasteiger partial charge in [-0.25, -0.2) is 9.59 Å². The van der Waals surface area contributed by atoms with Gasteiger partial charge in [-0.1, -0.05) is 19.9 Å². The Bertz CT molecular complexity index is 1520. The highest BCUT2D eigenvalue weighted by Crippen LogP contribution is 2.30. The Balaban J connectivity index is 1.50. The Kier molecular flexibility index (Phi) is 9.78. The molecule has 1 aromatic carbocycles. The molecule has 0 aliphatic carbocycles. The topological polar surface area (TPSA) is 193 Å². The third-order valence-electron chi connectivity index (χ3n) is 7.40. The Hall–Kier alpha value is -4.75. The lowest BCUT2D eigenvalue weighted by Crippen LogP contribution is -2.48. The molecule has 1 saturated heterocycles. The van der Waals surface area contributed by atoms with E-state index < -0.39 is 47.8 Å². The van der Waals surface area contributed by atoms with Gasteiger partial charge in [0.25, 0.3) is 5.91 Å². The summed E-state index contributed by atoms with van der Waals surface area (Å²) in [6.45, 7) is 5.69. The number of ether oxygens (including phenoxy) is 2. The molecule has 2 aromatic heterocycles. The maximum absolute atomic E-state index is 13.6. The highest BCUT2D eigenvalue weighted by atomic mass is 16.7. The van der Waals surface area contributed by atoms with Gasteiger partial charge in [-0.3, -0.25) is 14.4 Å². The number of likely N-dealkylation sites (tertiary alicyclic amines) is 1. The normalized spacial score (nSPS) is 17.1. The molecule has 1 aliphatic rings. The Labute approximate surface area is 246 Å². The molecule has 0 radical (unpaired) electrons. The minimum Gasteiger partial charge on any atom is -0.496 e. The number of aromatic amines is 1. The quantitative estimate of drug-likeness (QED) is 0.212. The highest BCUT2D eigenvalue weighted by molar-refractivity contribution is 6.01. The molecule has 14 heteroatoms. The van der Waals surface area contributed by atoms with Gasteiger partial charge in [-0.05, 0) is 50.3 Å². The van der Waals surface area contributed by atoms with Crippen LogP contribution in [-0.4, -0.2) is 71.2 Å². The van der Waals surface area contributed by atoms with E-state index in [0.717, 1.165) is 6.26 Å². The van der Waals surface area contributed by atoms with Crippen LogP contribution in [0.15, 0.2) is 44.2 Å². The second-order valence-electron chi connectivity index (χ2n) is 11.0. The van der Waals surface area contributed by atoms with Crippen molar-refractivity contribution in [2.45, 2.75) is 58.2 Å². The maximum atomic E-state index is 13.6. The molecule has 0 spiro atoms. The van der Waals surface area contributed by atoms with Crippen molar-refractivity contribution < 1.29 is 42.6 Å². The molecule has 3 aromatic rings. The fraction of sp³-hybridized carbons (Fsp3) is 0.483. The van der Waals surface area contributed by atoms with Crippen LogP contribution in [0.3, 0.4) is 0 Å². The van der Waals surface area contributed by atoms with E-state index in [1.54, 1.807) is 25.1 Å². The summed E-state index contributed by atoms with van der Waals surface area (Å²) in [6, 6.07) is 4.68. The molecular formula is C29H36N4O10. The summed E-state index contributed by atoms with van der Waals surface area (Å²) in [5.41, 5.74) is 0.944. The van der Waals surface area contributed by atoms with Crippen molar-refractivity contribution in [2.24, 2.45) is 11.8 Å². The summed E-state index contributed by atoms with van der Waals surface area (Å²) >= 11 is 0. The second kappa shape index (κ2) is 13.5. The van der Waals surface area contributed by atoms with Gasteiger partial charge in [-0.15, -0.1) is 0 Å². The molecule has 4 atom stereocenters. The van der Waals surface area contributed by atoms with Crippen LogP contribution in [0.25, 0.3) is 10.9 Å². The molecule has 3 unspecified atom stereocenters. The van der Waals surface area contributed by atoms with Crippen LogP contribution in [-0.2, 0) is 14.3 Å². The minimum absolute atomic E-state index is 0.0312. The van der Waals surface area contributed by atoms with Crippen LogP contribution in [0.1, 0.15) is 62.3 Å². The molecule has 3 heterocycles. The monoisotopic (exact) mass is 600 g/mol. The van der Waals surface area contributed by atoms with Crippen molar-refractivity contribution in [3.05, 3.63) is 52.6 Å². The Morgan fingerprint density at radius 3 is 2.60 bits per heavy atom. The number of benzene rings is 1. The number of carbonyl (C=O) groups is 4. The molecular weight excluding hydrogens is 564 g/mol. The number of nitrogens with one attached hydrogen (secondary N) is 3. The number of H-pyrrole nitrogens is 1. The molecule has 4 rings (SSSR count). The van der Waals surface area contributed by atoms with E-state index in [2.05, 4.69) is 20.4 Å². The number of fused-ring (bicyclic) bond motifs is 1. The number of methoxy groups -OCH3 is 1. The SMILES string of the molecule is COc1cccc2[nH]c(C(=O)NC(CC(C)C)C(=O)NC(C[C@@H]3CCN(C(C)COC(=O)O)C3=O)c3coc(=O)o3)cc12. The summed E-state index contributed by atoms with van der Waals surface area (Å²) in [5.74, 6) is -2.13. The molecule has 1 aliphatic heterocycles. The standard InChI is InChI=1S/C29H36N4O10/c1-15(2)10-21(32-26(35)22-12-18-19(30-22)6-5-7-23(18)40-4)25(34)31-20(24-14-42-29(39)43-24)11-17-8-9-33(27(17)36)16(3)13-41-28(37)38/h5-7,12,14-17,20-21,30H,8-11,13H2,1-4H3,(H,31,34)(H,32,35)(H,37,38)/t16?,17-,20?,21?/m0/s1. The van der Waals surface area contributed by atoms with Gasteiger partial charge in [-0.2, -0.15) is 0 Å². The molecule has 3 amide bonds. The van der Waals surface area contributed by atoms with E-state index in [4.69, 9.17) is 18.7 Å². The molecule has 1 fully saturated rings. The summed E-state index contributed by atoms with van der Waals surface area (Å²) in [7, 11) is 1.54. The van der Waals surface area contributed by atoms with Crippen molar-refractivity contribution >= 4 is 34.8 Å². The van der Waals surface area contributed by atoms with E-state index in [1.807, 2.05) is 19.9 Å². The second-order valence-corrected chi connectivity index (χ2v) is 11.0. The van der Waals surface area contributed by atoms with Gasteiger partial charge < -0.3 is 43.9 Å². The molecule has 4 N–H and O–H groups in total. The predicted molar refractivity (Wildman–Crippen MR) is 152 cm³/mol. The lowest BCUT2D eigenvalue weighted by atomic mass is 9.96. The van der Waals surface area contributed by atoms with Crippen LogP contribution in [0.2, 0.25) is 0 Å². The molecule has 43 heavy (non-hydrogen) atoms. The number of carboxylic acid groups (broad SMARTS) is 1. The molecule has 0 bridgehead atoms. The van der Waals surface area contributed by atoms with E-state index in [0.29, 0.717) is 36.0 Å². The van der Waals surface area contributed by atoms with Gasteiger partial charge in [0.15, 0.2) is 5.76 Å². The van der Waals surface area contributed by atoms with Gasteiger partial charge >= 0.3 is 12.0 Å². The Morgan fingerprint density at radius 1 is 1.19 bits per heavy atom. The number of aromatic nitrogens is 1. The molecule has 0 saturated carbocycles. The third-order valence-corrected chi connectivity index (χ3v) is 7.40. The van der Waals surface area contributed by atoms with E-state index in [1.165, 1.54) is 12.0 Å². The molecule has 14 nitrogen and oxygen atoms in total. The minimum atomic E-state index is -1.43. The van der Waals surface area contributed by atoms with Crippen LogP contribution < -0.4 is 21.2 Å². The van der Waals surface area contributed by atoms with Gasteiger partial charge in [0.1, 0.15) is 30.4 Å². The average molecular weight is 601 g/mol. The zero-order valence-corrected chi connectivity index (χ0v) is 24.4. The first-order valence-electron chi connectivity index (χ1n) is 14.0. The van der Waals surface area contributed by atoms with E-state index >= 15 is 0 Å². The zero-order chi connectivity index (χ0) is 31.3. The fourth-order valence-corrected chi connectivity index (χ4v) is 5.27. The van der Waals surface area contributed by atoms with Crippen LogP contribution in [0, 0.1) is 11.8 Å². The molecule has 232 valence electrons. The number of amides is 3. The van der Waals surface area contributed by atoms with Crippen molar-refractivity contribution in [1.82, 2.24) is 20.5 Å². The first-order valence-corrected chi connectivity index (χ1v) is 14.0. The zero-order valence-electron chi connectivity index (χ0n) is 24.4.